The van der Waals surface area contributed by atoms with Crippen molar-refractivity contribution in [3.8, 4) is 6.07 Å². The fourth-order valence-corrected chi connectivity index (χ4v) is 3.41. The Balaban J connectivity index is 0.000000254. The quantitative estimate of drug-likeness (QED) is 0.423. The molecule has 1 unspecified atom stereocenters. The van der Waals surface area contributed by atoms with Crippen molar-refractivity contribution in [3.05, 3.63) is 70.3 Å². The van der Waals surface area contributed by atoms with Gasteiger partial charge in [0, 0.05) is 6.54 Å². The number of nitriles is 1. The molecule has 1 aliphatic rings. The standard InChI is InChI=1S/C9H6F3N.C9H9F3.C7H15N/c1-6-2-3-7(5-13)8(4-6)9(10,11)12;1-2-7-5-3-4-6-8(7)9(10,11)12;1-3-8-5-4-7(2)6-8/h2-4H,1H3;3-6H,2H2,1H3;7H,3-6H2,1-2H3. The Morgan fingerprint density at radius 3 is 1.97 bits per heavy atom. The van der Waals surface area contributed by atoms with E-state index in [9.17, 15) is 26.3 Å². The van der Waals surface area contributed by atoms with Crippen LogP contribution in [-0.4, -0.2) is 24.5 Å². The third-order valence-corrected chi connectivity index (χ3v) is 5.26. The molecule has 2 nitrogen and oxygen atoms in total. The van der Waals surface area contributed by atoms with Crippen molar-refractivity contribution in [2.45, 2.75) is 52.9 Å². The highest BCUT2D eigenvalue weighted by atomic mass is 19.4. The normalized spacial score (nSPS) is 16.2. The van der Waals surface area contributed by atoms with Crippen molar-refractivity contribution in [2.75, 3.05) is 19.6 Å². The molecular weight excluding hydrogens is 442 g/mol. The molecule has 0 spiro atoms. The van der Waals surface area contributed by atoms with Gasteiger partial charge in [-0.05, 0) is 62.5 Å². The minimum absolute atomic E-state index is 0.335. The van der Waals surface area contributed by atoms with Crippen molar-refractivity contribution < 1.29 is 26.3 Å². The van der Waals surface area contributed by atoms with E-state index in [1.54, 1.807) is 19.9 Å². The first-order valence-electron chi connectivity index (χ1n) is 10.8. The summed E-state index contributed by atoms with van der Waals surface area (Å²) in [5, 5.41) is 8.42. The lowest BCUT2D eigenvalue weighted by molar-refractivity contribution is -0.138. The van der Waals surface area contributed by atoms with Crippen LogP contribution in [0.15, 0.2) is 42.5 Å². The predicted octanol–water partition coefficient (Wildman–Crippen LogP) is 7.50. The molecule has 1 saturated heterocycles. The summed E-state index contributed by atoms with van der Waals surface area (Å²) in [6.45, 7) is 11.7. The summed E-state index contributed by atoms with van der Waals surface area (Å²) in [4.78, 5) is 2.50. The molecule has 1 fully saturated rings. The first-order chi connectivity index (χ1) is 15.3. The maximum atomic E-state index is 12.3. The largest absolute Gasteiger partial charge is 0.417 e. The summed E-state index contributed by atoms with van der Waals surface area (Å²) in [6.07, 6.45) is -6.84. The number of halogens is 6. The first-order valence-corrected chi connectivity index (χ1v) is 10.8. The van der Waals surface area contributed by atoms with Crippen molar-refractivity contribution >= 4 is 0 Å². The molecule has 1 atom stereocenters. The van der Waals surface area contributed by atoms with Gasteiger partial charge in [0.05, 0.1) is 22.8 Å². The second-order valence-corrected chi connectivity index (χ2v) is 7.95. The molecule has 1 heterocycles. The first kappa shape index (κ1) is 28.5. The molecule has 2 aromatic carbocycles. The number of aryl methyl sites for hydroxylation is 2. The third kappa shape index (κ3) is 9.47. The van der Waals surface area contributed by atoms with Gasteiger partial charge in [0.2, 0.25) is 0 Å². The zero-order valence-electron chi connectivity index (χ0n) is 19.3. The molecular formula is C25H30F6N2. The van der Waals surface area contributed by atoms with E-state index < -0.39 is 23.5 Å². The lowest BCUT2D eigenvalue weighted by atomic mass is 10.1. The van der Waals surface area contributed by atoms with Crippen LogP contribution >= 0.6 is 0 Å². The van der Waals surface area contributed by atoms with Crippen LogP contribution in [-0.2, 0) is 18.8 Å². The molecule has 0 aromatic heterocycles. The molecule has 0 amide bonds. The van der Waals surface area contributed by atoms with E-state index in [4.69, 9.17) is 5.26 Å². The number of benzene rings is 2. The summed E-state index contributed by atoms with van der Waals surface area (Å²) in [6, 6.07) is 10.8. The summed E-state index contributed by atoms with van der Waals surface area (Å²) in [5.74, 6) is 0.954. The van der Waals surface area contributed by atoms with Crippen LogP contribution in [0, 0.1) is 24.2 Å². The van der Waals surface area contributed by atoms with Gasteiger partial charge in [-0.25, -0.2) is 0 Å². The van der Waals surface area contributed by atoms with Crippen molar-refractivity contribution in [1.82, 2.24) is 4.90 Å². The Hall–Kier alpha value is -2.53. The maximum absolute atomic E-state index is 12.3. The van der Waals surface area contributed by atoms with E-state index in [1.807, 2.05) is 0 Å². The van der Waals surface area contributed by atoms with Crippen LogP contribution in [0.25, 0.3) is 0 Å². The SMILES string of the molecule is CCN1CCC(C)C1.CCc1ccccc1C(F)(F)F.Cc1ccc(C#N)c(C(F)(F)F)c1. The second-order valence-electron chi connectivity index (χ2n) is 7.95. The predicted molar refractivity (Wildman–Crippen MR) is 118 cm³/mol. The van der Waals surface area contributed by atoms with E-state index in [1.165, 1.54) is 56.4 Å². The van der Waals surface area contributed by atoms with Crippen LogP contribution in [0.1, 0.15) is 55.0 Å². The van der Waals surface area contributed by atoms with Crippen LogP contribution in [0.2, 0.25) is 0 Å². The zero-order valence-corrected chi connectivity index (χ0v) is 19.3. The summed E-state index contributed by atoms with van der Waals surface area (Å²) in [5.41, 5.74) is -0.878. The van der Waals surface area contributed by atoms with E-state index in [2.05, 4.69) is 18.7 Å². The lowest BCUT2D eigenvalue weighted by Crippen LogP contribution is -2.18. The van der Waals surface area contributed by atoms with Gasteiger partial charge in [-0.3, -0.25) is 0 Å². The van der Waals surface area contributed by atoms with Gasteiger partial charge in [-0.1, -0.05) is 50.6 Å². The van der Waals surface area contributed by atoms with E-state index in [0.717, 1.165) is 18.1 Å². The van der Waals surface area contributed by atoms with Crippen molar-refractivity contribution in [3.63, 3.8) is 0 Å². The molecule has 2 aromatic rings. The summed E-state index contributed by atoms with van der Waals surface area (Å²) in [7, 11) is 0. The highest BCUT2D eigenvalue weighted by Gasteiger charge is 2.33. The van der Waals surface area contributed by atoms with E-state index in [-0.39, 0.29) is 5.56 Å². The maximum Gasteiger partial charge on any atom is 0.417 e. The minimum atomic E-state index is -4.45. The molecule has 0 saturated carbocycles. The molecule has 1 aliphatic heterocycles. The third-order valence-electron chi connectivity index (χ3n) is 5.26. The Labute approximate surface area is 191 Å². The molecule has 0 N–H and O–H groups in total. The summed E-state index contributed by atoms with van der Waals surface area (Å²) >= 11 is 0. The molecule has 3 rings (SSSR count). The van der Waals surface area contributed by atoms with Crippen molar-refractivity contribution in [1.29, 1.82) is 5.26 Å². The number of rotatable bonds is 2. The molecule has 8 heteroatoms. The Morgan fingerprint density at radius 1 is 0.970 bits per heavy atom. The average Bonchev–Trinajstić information content (AvgIpc) is 3.19. The van der Waals surface area contributed by atoms with Crippen LogP contribution in [0.5, 0.6) is 0 Å². The fraction of sp³-hybridized carbons (Fsp3) is 0.480. The Kier molecular flexibility index (Phi) is 10.9. The van der Waals surface area contributed by atoms with Gasteiger partial charge >= 0.3 is 12.4 Å². The monoisotopic (exact) mass is 472 g/mol. The van der Waals surface area contributed by atoms with Gasteiger partial charge in [-0.2, -0.15) is 31.6 Å². The molecule has 0 bridgehead atoms. The molecule has 182 valence electrons. The van der Waals surface area contributed by atoms with Gasteiger partial charge in [0.25, 0.3) is 0 Å². The summed E-state index contributed by atoms with van der Waals surface area (Å²) < 4.78 is 73.5. The fourth-order valence-electron chi connectivity index (χ4n) is 3.41. The van der Waals surface area contributed by atoms with Gasteiger partial charge in [0.1, 0.15) is 0 Å². The number of hydrogen-bond donors (Lipinski definition) is 0. The van der Waals surface area contributed by atoms with Crippen LogP contribution < -0.4 is 0 Å². The Bertz CT molecular complexity index is 912. The lowest BCUT2D eigenvalue weighted by Gasteiger charge is -2.10. The average molecular weight is 473 g/mol. The zero-order chi connectivity index (χ0) is 25.2. The topological polar surface area (TPSA) is 27.0 Å². The molecule has 0 aliphatic carbocycles. The number of alkyl halides is 6. The Morgan fingerprint density at radius 2 is 1.58 bits per heavy atom. The van der Waals surface area contributed by atoms with Gasteiger partial charge in [0.15, 0.2) is 0 Å². The second kappa shape index (κ2) is 12.6. The van der Waals surface area contributed by atoms with Gasteiger partial charge in [-0.15, -0.1) is 0 Å². The number of likely N-dealkylation sites (tertiary alicyclic amines) is 1. The highest BCUT2D eigenvalue weighted by molar-refractivity contribution is 5.41. The highest BCUT2D eigenvalue weighted by Crippen LogP contribution is 2.32. The molecule has 0 radical (unpaired) electrons. The number of hydrogen-bond acceptors (Lipinski definition) is 2. The van der Waals surface area contributed by atoms with Gasteiger partial charge < -0.3 is 4.90 Å². The minimum Gasteiger partial charge on any atom is -0.303 e. The van der Waals surface area contributed by atoms with Crippen LogP contribution in [0.3, 0.4) is 0 Å². The molecule has 33 heavy (non-hydrogen) atoms. The smallest absolute Gasteiger partial charge is 0.303 e. The van der Waals surface area contributed by atoms with E-state index in [0.29, 0.717) is 17.5 Å². The van der Waals surface area contributed by atoms with E-state index >= 15 is 0 Å². The van der Waals surface area contributed by atoms with Crippen molar-refractivity contribution in [2.24, 2.45) is 5.92 Å². The van der Waals surface area contributed by atoms with Crippen LogP contribution in [0.4, 0.5) is 26.3 Å². The number of nitrogens with zero attached hydrogens (tertiary/aromatic N) is 2.